The molecule has 2 unspecified atom stereocenters. The Morgan fingerprint density at radius 2 is 1.93 bits per heavy atom. The van der Waals surface area contributed by atoms with Crippen LogP contribution in [0.15, 0.2) is 24.3 Å². The monoisotopic (exact) mass is 216 g/mol. The summed E-state index contributed by atoms with van der Waals surface area (Å²) < 4.78 is 4.97. The molecule has 0 aliphatic rings. The largest absolute Gasteiger partial charge is 0.497 e. The third-order valence-corrected chi connectivity index (χ3v) is 2.35. The van der Waals surface area contributed by atoms with Crippen LogP contribution in [-0.4, -0.2) is 29.3 Å². The van der Waals surface area contributed by atoms with Gasteiger partial charge in [0.25, 0.3) is 0 Å². The average Bonchev–Trinajstić information content (AvgIpc) is 2.27. The number of benzene rings is 1. The Hall–Kier alpha value is -0.770. The Kier molecular flexibility index (Phi) is 4.20. The van der Waals surface area contributed by atoms with Crippen molar-refractivity contribution < 1.29 is 14.9 Å². The molecule has 3 nitrogen and oxygen atoms in total. The van der Waals surface area contributed by atoms with E-state index in [0.29, 0.717) is 5.56 Å². The average molecular weight is 217 g/mol. The van der Waals surface area contributed by atoms with Gasteiger partial charge in [-0.25, -0.2) is 0 Å². The molecule has 0 saturated carbocycles. The number of hydrogen-bond acceptors (Lipinski definition) is 3. The first-order valence-corrected chi connectivity index (χ1v) is 4.69. The van der Waals surface area contributed by atoms with E-state index in [4.69, 9.17) is 21.4 Å². The van der Waals surface area contributed by atoms with Crippen molar-refractivity contribution >= 4 is 11.6 Å². The van der Waals surface area contributed by atoms with E-state index < -0.39 is 11.5 Å². The van der Waals surface area contributed by atoms with Crippen LogP contribution in [-0.2, 0) is 0 Å². The zero-order valence-electron chi connectivity index (χ0n) is 7.85. The van der Waals surface area contributed by atoms with Gasteiger partial charge in [0.15, 0.2) is 0 Å². The van der Waals surface area contributed by atoms with Gasteiger partial charge in [-0.05, 0) is 17.7 Å². The predicted octanol–water partition coefficient (Wildman–Crippen LogP) is 1.33. The van der Waals surface area contributed by atoms with E-state index in [1.807, 2.05) is 0 Å². The molecule has 0 aliphatic carbocycles. The number of hydrogen-bond donors (Lipinski definition) is 2. The highest BCUT2D eigenvalue weighted by Crippen LogP contribution is 2.22. The second kappa shape index (κ2) is 5.20. The first-order chi connectivity index (χ1) is 6.69. The highest BCUT2D eigenvalue weighted by molar-refractivity contribution is 6.21. The van der Waals surface area contributed by atoms with Gasteiger partial charge in [-0.2, -0.15) is 0 Å². The summed E-state index contributed by atoms with van der Waals surface area (Å²) in [7, 11) is 1.57. The molecule has 0 fully saturated rings. The lowest BCUT2D eigenvalue weighted by molar-refractivity contribution is 0.139. The standard InChI is InChI=1S/C10H13ClO3/c1-14-8-4-2-7(3-5-8)10(13)9(11)6-12/h2-5,9-10,12-13H,6H2,1H3. The van der Waals surface area contributed by atoms with Crippen molar-refractivity contribution in [2.75, 3.05) is 13.7 Å². The minimum Gasteiger partial charge on any atom is -0.497 e. The van der Waals surface area contributed by atoms with Crippen molar-refractivity contribution in [3.8, 4) is 5.75 Å². The Labute approximate surface area is 87.9 Å². The molecule has 1 rings (SSSR count). The Balaban J connectivity index is 2.75. The summed E-state index contributed by atoms with van der Waals surface area (Å²) in [5.74, 6) is 0.719. The summed E-state index contributed by atoms with van der Waals surface area (Å²) in [6.45, 7) is -0.255. The highest BCUT2D eigenvalue weighted by Gasteiger charge is 2.17. The van der Waals surface area contributed by atoms with E-state index in [9.17, 15) is 5.11 Å². The zero-order chi connectivity index (χ0) is 10.6. The van der Waals surface area contributed by atoms with Crippen LogP contribution in [0, 0.1) is 0 Å². The van der Waals surface area contributed by atoms with Crippen molar-refractivity contribution in [3.05, 3.63) is 29.8 Å². The van der Waals surface area contributed by atoms with Gasteiger partial charge in [0.1, 0.15) is 5.75 Å². The number of rotatable bonds is 4. The van der Waals surface area contributed by atoms with Crippen LogP contribution in [0.2, 0.25) is 0 Å². The number of halogens is 1. The fraction of sp³-hybridized carbons (Fsp3) is 0.400. The van der Waals surface area contributed by atoms with E-state index >= 15 is 0 Å². The minimum absolute atomic E-state index is 0.255. The quantitative estimate of drug-likeness (QED) is 0.747. The summed E-state index contributed by atoms with van der Waals surface area (Å²) in [6, 6.07) is 6.90. The molecule has 0 bridgehead atoms. The normalized spacial score (nSPS) is 14.9. The molecule has 0 aliphatic heterocycles. The third-order valence-electron chi connectivity index (χ3n) is 1.97. The molecule has 2 N–H and O–H groups in total. The van der Waals surface area contributed by atoms with Gasteiger partial charge in [0, 0.05) is 0 Å². The van der Waals surface area contributed by atoms with Crippen molar-refractivity contribution in [2.45, 2.75) is 11.5 Å². The molecule has 0 heterocycles. The number of aliphatic hydroxyl groups is 2. The van der Waals surface area contributed by atoms with Crippen LogP contribution in [0.1, 0.15) is 11.7 Å². The summed E-state index contributed by atoms with van der Waals surface area (Å²) in [5.41, 5.74) is 0.667. The molecule has 0 aromatic heterocycles. The fourth-order valence-corrected chi connectivity index (χ4v) is 1.26. The minimum atomic E-state index is -0.854. The third kappa shape index (κ3) is 2.61. The Morgan fingerprint density at radius 3 is 2.36 bits per heavy atom. The van der Waals surface area contributed by atoms with E-state index in [0.717, 1.165) is 5.75 Å². The molecular weight excluding hydrogens is 204 g/mol. The van der Waals surface area contributed by atoms with Gasteiger partial charge in [0.2, 0.25) is 0 Å². The molecule has 0 spiro atoms. The molecule has 0 radical (unpaired) electrons. The summed E-state index contributed by atoms with van der Waals surface area (Å²) >= 11 is 5.69. The highest BCUT2D eigenvalue weighted by atomic mass is 35.5. The number of methoxy groups -OCH3 is 1. The van der Waals surface area contributed by atoms with Crippen LogP contribution in [0.25, 0.3) is 0 Å². The van der Waals surface area contributed by atoms with Crippen LogP contribution in [0.5, 0.6) is 5.75 Å². The molecule has 0 amide bonds. The van der Waals surface area contributed by atoms with Crippen molar-refractivity contribution in [3.63, 3.8) is 0 Å². The molecule has 0 saturated heterocycles. The summed E-state index contributed by atoms with van der Waals surface area (Å²) in [5, 5.41) is 17.7. The number of alkyl halides is 1. The van der Waals surface area contributed by atoms with Gasteiger partial charge in [-0.3, -0.25) is 0 Å². The molecule has 4 heteroatoms. The lowest BCUT2D eigenvalue weighted by atomic mass is 10.1. The van der Waals surface area contributed by atoms with E-state index in [-0.39, 0.29) is 6.61 Å². The molecular formula is C10H13ClO3. The predicted molar refractivity (Wildman–Crippen MR) is 54.7 cm³/mol. The smallest absolute Gasteiger partial charge is 0.118 e. The van der Waals surface area contributed by atoms with Crippen molar-refractivity contribution in [2.24, 2.45) is 0 Å². The van der Waals surface area contributed by atoms with Gasteiger partial charge in [0.05, 0.1) is 25.2 Å². The lowest BCUT2D eigenvalue weighted by Crippen LogP contribution is -2.16. The van der Waals surface area contributed by atoms with Crippen LogP contribution < -0.4 is 4.74 Å². The number of ether oxygens (including phenoxy) is 1. The van der Waals surface area contributed by atoms with Crippen LogP contribution in [0.4, 0.5) is 0 Å². The summed E-state index contributed by atoms with van der Waals surface area (Å²) in [4.78, 5) is 0. The van der Waals surface area contributed by atoms with E-state index in [2.05, 4.69) is 0 Å². The maximum atomic E-state index is 9.62. The molecule has 78 valence electrons. The van der Waals surface area contributed by atoms with Gasteiger partial charge < -0.3 is 14.9 Å². The van der Waals surface area contributed by atoms with Crippen LogP contribution >= 0.6 is 11.6 Å². The second-order valence-corrected chi connectivity index (χ2v) is 3.48. The second-order valence-electron chi connectivity index (χ2n) is 2.92. The molecule has 14 heavy (non-hydrogen) atoms. The van der Waals surface area contributed by atoms with Crippen LogP contribution in [0.3, 0.4) is 0 Å². The molecule has 1 aromatic rings. The zero-order valence-corrected chi connectivity index (χ0v) is 8.61. The van der Waals surface area contributed by atoms with Gasteiger partial charge >= 0.3 is 0 Å². The van der Waals surface area contributed by atoms with E-state index in [1.54, 1.807) is 31.4 Å². The fourth-order valence-electron chi connectivity index (χ4n) is 1.11. The maximum Gasteiger partial charge on any atom is 0.118 e. The van der Waals surface area contributed by atoms with Gasteiger partial charge in [-0.1, -0.05) is 12.1 Å². The SMILES string of the molecule is COc1ccc(C(O)C(Cl)CO)cc1. The van der Waals surface area contributed by atoms with Gasteiger partial charge in [-0.15, -0.1) is 11.6 Å². The molecule has 1 aromatic carbocycles. The first-order valence-electron chi connectivity index (χ1n) is 4.26. The lowest BCUT2D eigenvalue weighted by Gasteiger charge is -2.15. The maximum absolute atomic E-state index is 9.62. The van der Waals surface area contributed by atoms with Crippen molar-refractivity contribution in [1.29, 1.82) is 0 Å². The Morgan fingerprint density at radius 1 is 1.36 bits per heavy atom. The Bertz CT molecular complexity index is 273. The summed E-state index contributed by atoms with van der Waals surface area (Å²) in [6.07, 6.45) is -0.854. The molecule has 2 atom stereocenters. The number of aliphatic hydroxyl groups excluding tert-OH is 2. The first kappa shape index (κ1) is 11.3. The van der Waals surface area contributed by atoms with Crippen molar-refractivity contribution in [1.82, 2.24) is 0 Å². The topological polar surface area (TPSA) is 49.7 Å². The van der Waals surface area contributed by atoms with E-state index in [1.165, 1.54) is 0 Å².